The molecule has 1 saturated heterocycles. The number of nitrogens with zero attached hydrogens (tertiary/aromatic N) is 2. The zero-order chi connectivity index (χ0) is 19.8. The lowest BCUT2D eigenvalue weighted by Crippen LogP contribution is -2.49. The molecule has 0 spiro atoms. The van der Waals surface area contributed by atoms with Gasteiger partial charge in [0.1, 0.15) is 0 Å². The van der Waals surface area contributed by atoms with Crippen LogP contribution >= 0.6 is 0 Å². The lowest BCUT2D eigenvalue weighted by atomic mass is 10.1. The van der Waals surface area contributed by atoms with Crippen molar-refractivity contribution in [2.45, 2.75) is 26.2 Å². The van der Waals surface area contributed by atoms with Crippen molar-refractivity contribution in [2.24, 2.45) is 0 Å². The van der Waals surface area contributed by atoms with E-state index in [0.29, 0.717) is 19.4 Å². The Bertz CT molecular complexity index is 783. The fraction of sp³-hybridized carbons (Fsp3) is 0.391. The zero-order valence-electron chi connectivity index (χ0n) is 16.6. The quantitative estimate of drug-likeness (QED) is 0.805. The first-order chi connectivity index (χ1) is 13.6. The molecular weight excluding hydrogens is 350 g/mol. The van der Waals surface area contributed by atoms with E-state index in [1.807, 2.05) is 35.2 Å². The van der Waals surface area contributed by atoms with Gasteiger partial charge in [0, 0.05) is 51.3 Å². The summed E-state index contributed by atoms with van der Waals surface area (Å²) in [4.78, 5) is 28.6. The number of amides is 2. The van der Waals surface area contributed by atoms with E-state index in [1.165, 1.54) is 16.8 Å². The van der Waals surface area contributed by atoms with E-state index in [1.54, 1.807) is 0 Å². The van der Waals surface area contributed by atoms with Crippen LogP contribution in [0.4, 0.5) is 5.69 Å². The van der Waals surface area contributed by atoms with Gasteiger partial charge < -0.3 is 15.1 Å². The Kier molecular flexibility index (Phi) is 7.06. The van der Waals surface area contributed by atoms with Gasteiger partial charge in [-0.1, -0.05) is 48.0 Å². The summed E-state index contributed by atoms with van der Waals surface area (Å²) in [5, 5.41) is 2.88. The van der Waals surface area contributed by atoms with Gasteiger partial charge in [-0.05, 0) is 31.0 Å². The van der Waals surface area contributed by atoms with Gasteiger partial charge in [-0.25, -0.2) is 0 Å². The highest BCUT2D eigenvalue weighted by Crippen LogP contribution is 2.15. The average molecular weight is 380 g/mol. The van der Waals surface area contributed by atoms with Crippen molar-refractivity contribution in [2.75, 3.05) is 37.6 Å². The van der Waals surface area contributed by atoms with Crippen molar-refractivity contribution in [3.8, 4) is 0 Å². The molecule has 0 bridgehead atoms. The van der Waals surface area contributed by atoms with Crippen molar-refractivity contribution in [3.05, 3.63) is 65.7 Å². The van der Waals surface area contributed by atoms with Gasteiger partial charge in [-0.15, -0.1) is 0 Å². The Balaban J connectivity index is 1.33. The van der Waals surface area contributed by atoms with Gasteiger partial charge in [0.05, 0.1) is 0 Å². The maximum atomic E-state index is 12.4. The third-order valence-corrected chi connectivity index (χ3v) is 5.14. The summed E-state index contributed by atoms with van der Waals surface area (Å²) >= 11 is 0. The predicted octanol–water partition coefficient (Wildman–Crippen LogP) is 2.78. The molecule has 0 unspecified atom stereocenters. The van der Waals surface area contributed by atoms with Crippen LogP contribution in [0.2, 0.25) is 0 Å². The highest BCUT2D eigenvalue weighted by molar-refractivity contribution is 5.79. The van der Waals surface area contributed by atoms with Crippen molar-refractivity contribution in [1.29, 1.82) is 0 Å². The first-order valence-electron chi connectivity index (χ1n) is 10.0. The van der Waals surface area contributed by atoms with Crippen LogP contribution in [0.25, 0.3) is 0 Å². The SMILES string of the molecule is Cc1cccc(CCC(=O)NCCC(=O)N2CCN(c3ccccc3)CC2)c1. The molecule has 1 aliphatic rings. The van der Waals surface area contributed by atoms with Crippen LogP contribution in [0.5, 0.6) is 0 Å². The standard InChI is InChI=1S/C23H29N3O2/c1-19-6-5-7-20(18-19)10-11-22(27)24-13-12-23(28)26-16-14-25(15-17-26)21-8-3-2-4-9-21/h2-9,18H,10-17H2,1H3,(H,24,27). The van der Waals surface area contributed by atoms with Crippen LogP contribution in [-0.2, 0) is 16.0 Å². The number of hydrogen-bond acceptors (Lipinski definition) is 3. The summed E-state index contributed by atoms with van der Waals surface area (Å²) in [6.07, 6.45) is 1.54. The zero-order valence-corrected chi connectivity index (χ0v) is 16.6. The van der Waals surface area contributed by atoms with Gasteiger partial charge in [0.25, 0.3) is 0 Å². The molecule has 148 valence electrons. The van der Waals surface area contributed by atoms with Crippen molar-refractivity contribution in [3.63, 3.8) is 0 Å². The third kappa shape index (κ3) is 5.84. The van der Waals surface area contributed by atoms with E-state index in [2.05, 4.69) is 41.4 Å². The normalized spacial score (nSPS) is 14.0. The molecule has 0 aliphatic carbocycles. The largest absolute Gasteiger partial charge is 0.368 e. The summed E-state index contributed by atoms with van der Waals surface area (Å²) in [5.41, 5.74) is 3.58. The van der Waals surface area contributed by atoms with Crippen molar-refractivity contribution in [1.82, 2.24) is 10.2 Å². The lowest BCUT2D eigenvalue weighted by Gasteiger charge is -2.36. The van der Waals surface area contributed by atoms with Gasteiger partial charge in [0.15, 0.2) is 0 Å². The molecular formula is C23H29N3O2. The van der Waals surface area contributed by atoms with Crippen LogP contribution in [0.1, 0.15) is 24.0 Å². The molecule has 0 radical (unpaired) electrons. The lowest BCUT2D eigenvalue weighted by molar-refractivity contribution is -0.131. The molecule has 0 atom stereocenters. The number of aryl methyl sites for hydroxylation is 2. The molecule has 0 aromatic heterocycles. The Hall–Kier alpha value is -2.82. The topological polar surface area (TPSA) is 52.7 Å². The molecule has 1 aliphatic heterocycles. The van der Waals surface area contributed by atoms with Crippen molar-refractivity contribution >= 4 is 17.5 Å². The number of rotatable bonds is 7. The van der Waals surface area contributed by atoms with Crippen LogP contribution in [0.3, 0.4) is 0 Å². The Labute approximate surface area is 167 Å². The third-order valence-electron chi connectivity index (χ3n) is 5.14. The first kappa shape index (κ1) is 19.9. The van der Waals surface area contributed by atoms with Gasteiger partial charge >= 0.3 is 0 Å². The molecule has 3 rings (SSSR count). The second-order valence-corrected chi connectivity index (χ2v) is 7.29. The molecule has 1 N–H and O–H groups in total. The molecule has 2 aromatic carbocycles. The summed E-state index contributed by atoms with van der Waals surface area (Å²) in [6.45, 7) is 5.61. The number of piperazine rings is 1. The van der Waals surface area contributed by atoms with Gasteiger partial charge in [0.2, 0.25) is 11.8 Å². The monoisotopic (exact) mass is 379 g/mol. The van der Waals surface area contributed by atoms with E-state index in [0.717, 1.165) is 32.6 Å². The maximum Gasteiger partial charge on any atom is 0.224 e. The number of para-hydroxylation sites is 1. The molecule has 2 aromatic rings. The fourth-order valence-electron chi connectivity index (χ4n) is 3.53. The molecule has 5 heteroatoms. The summed E-state index contributed by atoms with van der Waals surface area (Å²) in [7, 11) is 0. The van der Waals surface area contributed by atoms with Crippen LogP contribution in [0, 0.1) is 6.92 Å². The van der Waals surface area contributed by atoms with Crippen LogP contribution < -0.4 is 10.2 Å². The average Bonchev–Trinajstić information content (AvgIpc) is 2.73. The number of hydrogen-bond donors (Lipinski definition) is 1. The predicted molar refractivity (Wildman–Crippen MR) is 112 cm³/mol. The summed E-state index contributed by atoms with van der Waals surface area (Å²) in [5.74, 6) is 0.120. The van der Waals surface area contributed by atoms with E-state index >= 15 is 0 Å². The summed E-state index contributed by atoms with van der Waals surface area (Å²) < 4.78 is 0. The molecule has 5 nitrogen and oxygen atoms in total. The second-order valence-electron chi connectivity index (χ2n) is 7.29. The highest BCUT2D eigenvalue weighted by Gasteiger charge is 2.20. The van der Waals surface area contributed by atoms with E-state index in [9.17, 15) is 9.59 Å². The highest BCUT2D eigenvalue weighted by atomic mass is 16.2. The number of carbonyl (C=O) groups is 2. The minimum atomic E-state index is 0.00297. The Morgan fingerprint density at radius 3 is 2.39 bits per heavy atom. The molecule has 1 heterocycles. The second kappa shape index (κ2) is 9.93. The Morgan fingerprint density at radius 2 is 1.68 bits per heavy atom. The molecule has 2 amide bonds. The van der Waals surface area contributed by atoms with E-state index in [4.69, 9.17) is 0 Å². The Morgan fingerprint density at radius 1 is 0.929 bits per heavy atom. The number of carbonyl (C=O) groups excluding carboxylic acids is 2. The molecule has 0 saturated carbocycles. The van der Waals surface area contributed by atoms with Gasteiger partial charge in [-0.3, -0.25) is 9.59 Å². The summed E-state index contributed by atoms with van der Waals surface area (Å²) in [6, 6.07) is 18.5. The first-order valence-corrected chi connectivity index (χ1v) is 10.0. The maximum absolute atomic E-state index is 12.4. The number of anilines is 1. The van der Waals surface area contributed by atoms with Gasteiger partial charge in [-0.2, -0.15) is 0 Å². The minimum Gasteiger partial charge on any atom is -0.368 e. The number of nitrogens with one attached hydrogen (secondary N) is 1. The van der Waals surface area contributed by atoms with Crippen molar-refractivity contribution < 1.29 is 9.59 Å². The van der Waals surface area contributed by atoms with E-state index < -0.39 is 0 Å². The fourth-order valence-corrected chi connectivity index (χ4v) is 3.53. The number of benzene rings is 2. The molecule has 28 heavy (non-hydrogen) atoms. The van der Waals surface area contributed by atoms with Crippen LogP contribution in [0.15, 0.2) is 54.6 Å². The molecule has 1 fully saturated rings. The minimum absolute atomic E-state index is 0.00297. The van der Waals surface area contributed by atoms with E-state index in [-0.39, 0.29) is 11.8 Å². The smallest absolute Gasteiger partial charge is 0.224 e. The van der Waals surface area contributed by atoms with Crippen LogP contribution in [-0.4, -0.2) is 49.4 Å².